The summed E-state index contributed by atoms with van der Waals surface area (Å²) in [5, 5.41) is 0.0518. The number of halogens is 3. The van der Waals surface area contributed by atoms with Crippen molar-refractivity contribution in [2.24, 2.45) is 4.99 Å². The number of hydrogen-bond acceptors (Lipinski definition) is 6. The van der Waals surface area contributed by atoms with Crippen molar-refractivity contribution in [3.05, 3.63) is 99.7 Å². The summed E-state index contributed by atoms with van der Waals surface area (Å²) in [5.41, 5.74) is 2.83. The molecule has 0 unspecified atom stereocenters. The molecule has 36 heavy (non-hydrogen) atoms. The molecule has 0 N–H and O–H groups in total. The molecular formula is C26H19ClF2N4O2S. The molecule has 0 aliphatic carbocycles. The molecular weight excluding hydrogens is 506 g/mol. The number of aliphatic imine (C=N–C) groups is 1. The smallest absolute Gasteiger partial charge is 0.184 e. The molecule has 10 heteroatoms. The normalized spacial score (nSPS) is 12.7. The van der Waals surface area contributed by atoms with Gasteiger partial charge < -0.3 is 0 Å². The fraction of sp³-hybridized carbons (Fsp3) is 0.154. The zero-order chi connectivity index (χ0) is 25.4. The summed E-state index contributed by atoms with van der Waals surface area (Å²) in [7, 11) is -4.00. The fourth-order valence-corrected chi connectivity index (χ4v) is 6.56. The predicted octanol–water partition coefficient (Wildman–Crippen LogP) is 5.60. The molecule has 1 aliphatic rings. The average Bonchev–Trinajstić information content (AvgIpc) is 3.33. The molecule has 0 fully saturated rings. The SMILES string of the molecule is Cc1cccc(Cl)c1S(=O)(=O)Cc1ccc(F)c(Cc2ncccc2-c2ncnc3c2N=CC3)c1F. The van der Waals surface area contributed by atoms with E-state index in [4.69, 9.17) is 11.6 Å². The van der Waals surface area contributed by atoms with Crippen molar-refractivity contribution in [2.75, 3.05) is 0 Å². The second-order valence-corrected chi connectivity index (χ2v) is 10.7. The van der Waals surface area contributed by atoms with Gasteiger partial charge in [-0.15, -0.1) is 0 Å². The van der Waals surface area contributed by atoms with Crippen molar-refractivity contribution >= 4 is 33.3 Å². The Morgan fingerprint density at radius 3 is 2.67 bits per heavy atom. The molecule has 2 aromatic heterocycles. The van der Waals surface area contributed by atoms with E-state index in [1.807, 2.05) is 0 Å². The van der Waals surface area contributed by atoms with E-state index in [0.717, 1.165) is 17.8 Å². The van der Waals surface area contributed by atoms with Crippen LogP contribution in [0.4, 0.5) is 14.5 Å². The Balaban J connectivity index is 1.54. The molecule has 6 nitrogen and oxygen atoms in total. The number of aromatic nitrogens is 3. The molecule has 3 heterocycles. The van der Waals surface area contributed by atoms with E-state index in [9.17, 15) is 12.8 Å². The van der Waals surface area contributed by atoms with E-state index >= 15 is 4.39 Å². The summed E-state index contributed by atoms with van der Waals surface area (Å²) in [5.74, 6) is -2.41. The van der Waals surface area contributed by atoms with Crippen molar-refractivity contribution in [2.45, 2.75) is 30.4 Å². The highest BCUT2D eigenvalue weighted by molar-refractivity contribution is 7.90. The number of pyridine rings is 1. The second-order valence-electron chi connectivity index (χ2n) is 8.35. The summed E-state index contributed by atoms with van der Waals surface area (Å²) in [6.45, 7) is 1.61. The zero-order valence-corrected chi connectivity index (χ0v) is 20.6. The molecule has 0 saturated carbocycles. The summed E-state index contributed by atoms with van der Waals surface area (Å²) >= 11 is 6.14. The number of aryl methyl sites for hydroxylation is 1. The van der Waals surface area contributed by atoms with Gasteiger partial charge in [0.25, 0.3) is 0 Å². The van der Waals surface area contributed by atoms with E-state index in [1.54, 1.807) is 37.4 Å². The number of benzene rings is 2. The van der Waals surface area contributed by atoms with E-state index in [1.165, 1.54) is 18.6 Å². The van der Waals surface area contributed by atoms with Crippen LogP contribution in [0.1, 0.15) is 28.1 Å². The Labute approximate surface area is 211 Å². The maximum absolute atomic E-state index is 15.6. The first-order valence-electron chi connectivity index (χ1n) is 11.0. The standard InChI is InChI=1S/C26H19ClF2N4O2S/c1-15-4-2-6-19(27)26(15)36(34,35)13-16-7-8-20(28)18(23(16)29)12-22-17(5-3-10-30-22)24-25-21(9-11-31-25)32-14-33-24/h2-8,10-11,14H,9,12-13H2,1H3. The van der Waals surface area contributed by atoms with Gasteiger partial charge in [-0.25, -0.2) is 27.2 Å². The van der Waals surface area contributed by atoms with Crippen LogP contribution in [0.2, 0.25) is 5.02 Å². The van der Waals surface area contributed by atoms with Gasteiger partial charge >= 0.3 is 0 Å². The lowest BCUT2D eigenvalue weighted by Gasteiger charge is -2.14. The first-order valence-corrected chi connectivity index (χ1v) is 13.0. The minimum absolute atomic E-state index is 0.0518. The van der Waals surface area contributed by atoms with Gasteiger partial charge in [-0.1, -0.05) is 29.8 Å². The van der Waals surface area contributed by atoms with E-state index < -0.39 is 27.2 Å². The monoisotopic (exact) mass is 524 g/mol. The van der Waals surface area contributed by atoms with Crippen LogP contribution in [-0.4, -0.2) is 29.6 Å². The first kappa shape index (κ1) is 24.1. The lowest BCUT2D eigenvalue weighted by molar-refractivity contribution is 0.550. The number of fused-ring (bicyclic) bond motifs is 1. The summed E-state index contributed by atoms with van der Waals surface area (Å²) in [6, 6.07) is 10.4. The van der Waals surface area contributed by atoms with Gasteiger partial charge in [0.05, 0.1) is 27.1 Å². The van der Waals surface area contributed by atoms with Gasteiger partial charge in [0.1, 0.15) is 29.3 Å². The van der Waals surface area contributed by atoms with Crippen LogP contribution in [0.15, 0.2) is 64.9 Å². The molecule has 5 rings (SSSR count). The van der Waals surface area contributed by atoms with Gasteiger partial charge in [0, 0.05) is 41.9 Å². The van der Waals surface area contributed by atoms with Crippen LogP contribution in [0.3, 0.4) is 0 Å². The highest BCUT2D eigenvalue weighted by atomic mass is 35.5. The van der Waals surface area contributed by atoms with E-state index in [2.05, 4.69) is 19.9 Å². The largest absolute Gasteiger partial charge is 0.260 e. The summed E-state index contributed by atoms with van der Waals surface area (Å²) < 4.78 is 56.7. The molecule has 0 radical (unpaired) electrons. The van der Waals surface area contributed by atoms with Gasteiger partial charge in [-0.2, -0.15) is 0 Å². The van der Waals surface area contributed by atoms with Crippen LogP contribution in [0.25, 0.3) is 11.3 Å². The van der Waals surface area contributed by atoms with Gasteiger partial charge in [-0.05, 0) is 36.8 Å². The minimum atomic E-state index is -4.00. The molecule has 182 valence electrons. The Hall–Kier alpha value is -3.56. The van der Waals surface area contributed by atoms with Crippen LogP contribution < -0.4 is 0 Å². The maximum Gasteiger partial charge on any atom is 0.184 e. The molecule has 0 bridgehead atoms. The number of rotatable bonds is 6. The average molecular weight is 525 g/mol. The topological polar surface area (TPSA) is 85.2 Å². The quantitative estimate of drug-likeness (QED) is 0.328. The van der Waals surface area contributed by atoms with Crippen molar-refractivity contribution in [3.63, 3.8) is 0 Å². The minimum Gasteiger partial charge on any atom is -0.260 e. The van der Waals surface area contributed by atoms with Crippen LogP contribution in [0, 0.1) is 18.6 Å². The molecule has 0 amide bonds. The molecule has 0 spiro atoms. The molecule has 1 aliphatic heterocycles. The van der Waals surface area contributed by atoms with Crippen molar-refractivity contribution in [1.29, 1.82) is 0 Å². The predicted molar refractivity (Wildman–Crippen MR) is 133 cm³/mol. The summed E-state index contributed by atoms with van der Waals surface area (Å²) in [4.78, 5) is 17.2. The Morgan fingerprint density at radius 1 is 1.03 bits per heavy atom. The third kappa shape index (κ3) is 4.40. The van der Waals surface area contributed by atoms with Crippen LogP contribution >= 0.6 is 11.6 Å². The van der Waals surface area contributed by atoms with Crippen molar-refractivity contribution in [1.82, 2.24) is 15.0 Å². The molecule has 0 atom stereocenters. The lowest BCUT2D eigenvalue weighted by Crippen LogP contribution is -2.11. The highest BCUT2D eigenvalue weighted by Crippen LogP contribution is 2.35. The van der Waals surface area contributed by atoms with Crippen LogP contribution in [-0.2, 0) is 28.4 Å². The third-order valence-corrected chi connectivity index (χ3v) is 8.26. The van der Waals surface area contributed by atoms with Crippen molar-refractivity contribution in [3.8, 4) is 11.3 Å². The van der Waals surface area contributed by atoms with E-state index in [0.29, 0.717) is 34.6 Å². The first-order chi connectivity index (χ1) is 17.3. The van der Waals surface area contributed by atoms with E-state index in [-0.39, 0.29) is 27.5 Å². The second kappa shape index (κ2) is 9.48. The molecule has 2 aromatic carbocycles. The number of nitrogens with zero attached hydrogens (tertiary/aromatic N) is 4. The highest BCUT2D eigenvalue weighted by Gasteiger charge is 2.26. The van der Waals surface area contributed by atoms with Gasteiger partial charge in [0.15, 0.2) is 9.84 Å². The van der Waals surface area contributed by atoms with Gasteiger partial charge in [0.2, 0.25) is 0 Å². The van der Waals surface area contributed by atoms with Crippen LogP contribution in [0.5, 0.6) is 0 Å². The molecule has 4 aromatic rings. The third-order valence-electron chi connectivity index (χ3n) is 5.98. The van der Waals surface area contributed by atoms with Crippen molar-refractivity contribution < 1.29 is 17.2 Å². The maximum atomic E-state index is 15.6. The lowest BCUT2D eigenvalue weighted by atomic mass is 9.99. The Morgan fingerprint density at radius 2 is 1.86 bits per heavy atom. The Kier molecular flexibility index (Phi) is 6.36. The zero-order valence-electron chi connectivity index (χ0n) is 19.0. The summed E-state index contributed by atoms with van der Waals surface area (Å²) in [6.07, 6.45) is 5.03. The Bertz CT molecular complexity index is 1620. The number of hydrogen-bond donors (Lipinski definition) is 0. The molecule has 0 saturated heterocycles. The number of sulfone groups is 1. The van der Waals surface area contributed by atoms with Gasteiger partial charge in [-0.3, -0.25) is 9.98 Å². The fourth-order valence-electron chi connectivity index (χ4n) is 4.29.